The molecule has 0 radical (unpaired) electrons. The Bertz CT molecular complexity index is 546. The van der Waals surface area contributed by atoms with Gasteiger partial charge in [0.25, 0.3) is 0 Å². The lowest BCUT2D eigenvalue weighted by molar-refractivity contribution is -0.118. The molecule has 0 N–H and O–H groups in total. The number of hydrogen-bond acceptors (Lipinski definition) is 2. The highest BCUT2D eigenvalue weighted by Crippen LogP contribution is 2.52. The Hall–Kier alpha value is -1.44. The standard InChI is InChI=1S/C18H21NO/c20-18-15-11-5-7-12-6-4-10-14(16(12)15)17(18)19-13-8-2-1-3-9-13/h1-3,8-9,12,14-16H,4-7,10-11H2. The molecule has 3 aliphatic rings. The highest BCUT2D eigenvalue weighted by Gasteiger charge is 2.52. The Morgan fingerprint density at radius 1 is 0.900 bits per heavy atom. The molecule has 2 heteroatoms. The molecule has 0 heterocycles. The average molecular weight is 267 g/mol. The van der Waals surface area contributed by atoms with Crippen LogP contribution in [-0.2, 0) is 4.79 Å². The zero-order valence-corrected chi connectivity index (χ0v) is 11.8. The normalized spacial score (nSPS) is 38.0. The van der Waals surface area contributed by atoms with E-state index in [-0.39, 0.29) is 0 Å². The average Bonchev–Trinajstić information content (AvgIpc) is 2.77. The SMILES string of the molecule is O=C1C(=Nc2ccccc2)C2CCCC3CCCC1C32. The van der Waals surface area contributed by atoms with Crippen molar-refractivity contribution in [2.45, 2.75) is 38.5 Å². The van der Waals surface area contributed by atoms with Crippen LogP contribution in [0.3, 0.4) is 0 Å². The molecule has 4 atom stereocenters. The number of para-hydroxylation sites is 1. The monoisotopic (exact) mass is 267 g/mol. The third-order valence-corrected chi connectivity index (χ3v) is 5.60. The first-order valence-corrected chi connectivity index (χ1v) is 8.02. The number of rotatable bonds is 1. The summed E-state index contributed by atoms with van der Waals surface area (Å²) in [4.78, 5) is 17.5. The summed E-state index contributed by atoms with van der Waals surface area (Å²) in [6, 6.07) is 9.99. The lowest BCUT2D eigenvalue weighted by atomic mass is 9.65. The van der Waals surface area contributed by atoms with Crippen molar-refractivity contribution >= 4 is 17.2 Å². The van der Waals surface area contributed by atoms with Gasteiger partial charge in [-0.05, 0) is 36.8 Å². The minimum atomic E-state index is 0.293. The van der Waals surface area contributed by atoms with E-state index in [9.17, 15) is 4.79 Å². The van der Waals surface area contributed by atoms with E-state index in [4.69, 9.17) is 4.99 Å². The lowest BCUT2D eigenvalue weighted by Gasteiger charge is -2.39. The number of Topliss-reactive ketones (excluding diaryl/α,β-unsaturated/α-hetero) is 1. The Balaban J connectivity index is 1.73. The molecule has 0 spiro atoms. The zero-order valence-electron chi connectivity index (χ0n) is 11.8. The zero-order chi connectivity index (χ0) is 13.5. The maximum Gasteiger partial charge on any atom is 0.180 e. The van der Waals surface area contributed by atoms with Crippen LogP contribution in [0.1, 0.15) is 38.5 Å². The van der Waals surface area contributed by atoms with E-state index in [0.717, 1.165) is 23.7 Å². The van der Waals surface area contributed by atoms with Crippen LogP contribution in [0.15, 0.2) is 35.3 Å². The number of ketones is 1. The quantitative estimate of drug-likeness (QED) is 0.750. The molecule has 0 amide bonds. The Kier molecular flexibility index (Phi) is 2.98. The van der Waals surface area contributed by atoms with Crippen LogP contribution in [0.4, 0.5) is 5.69 Å². The van der Waals surface area contributed by atoms with Gasteiger partial charge in [0.15, 0.2) is 5.78 Å². The third-order valence-electron chi connectivity index (χ3n) is 5.60. The van der Waals surface area contributed by atoms with Crippen molar-refractivity contribution in [3.63, 3.8) is 0 Å². The number of aliphatic imine (C=N–C) groups is 1. The smallest absolute Gasteiger partial charge is 0.180 e. The van der Waals surface area contributed by atoms with Crippen LogP contribution in [0.25, 0.3) is 0 Å². The van der Waals surface area contributed by atoms with Crippen LogP contribution >= 0.6 is 0 Å². The number of benzene rings is 1. The van der Waals surface area contributed by atoms with Gasteiger partial charge < -0.3 is 0 Å². The Morgan fingerprint density at radius 2 is 1.60 bits per heavy atom. The van der Waals surface area contributed by atoms with Gasteiger partial charge >= 0.3 is 0 Å². The highest BCUT2D eigenvalue weighted by atomic mass is 16.1. The van der Waals surface area contributed by atoms with Crippen molar-refractivity contribution in [3.05, 3.63) is 30.3 Å². The second kappa shape index (κ2) is 4.83. The molecule has 2 nitrogen and oxygen atoms in total. The maximum atomic E-state index is 12.8. The molecule has 20 heavy (non-hydrogen) atoms. The molecule has 0 bridgehead atoms. The van der Waals surface area contributed by atoms with Gasteiger partial charge in [0.2, 0.25) is 0 Å². The minimum absolute atomic E-state index is 0.293. The molecule has 1 aromatic carbocycles. The van der Waals surface area contributed by atoms with Crippen LogP contribution in [0.5, 0.6) is 0 Å². The summed E-state index contributed by atoms with van der Waals surface area (Å²) in [6.45, 7) is 0. The van der Waals surface area contributed by atoms with Crippen molar-refractivity contribution in [2.24, 2.45) is 28.7 Å². The van der Waals surface area contributed by atoms with E-state index in [2.05, 4.69) is 0 Å². The molecule has 3 aliphatic carbocycles. The minimum Gasteiger partial charge on any atom is -0.292 e. The van der Waals surface area contributed by atoms with Crippen LogP contribution in [-0.4, -0.2) is 11.5 Å². The van der Waals surface area contributed by atoms with Gasteiger partial charge in [-0.1, -0.05) is 43.9 Å². The van der Waals surface area contributed by atoms with Gasteiger partial charge in [-0.2, -0.15) is 0 Å². The predicted octanol–water partition coefficient (Wildman–Crippen LogP) is 4.17. The topological polar surface area (TPSA) is 29.4 Å². The van der Waals surface area contributed by atoms with Crippen molar-refractivity contribution in [3.8, 4) is 0 Å². The van der Waals surface area contributed by atoms with Crippen molar-refractivity contribution < 1.29 is 4.79 Å². The number of carbonyl (C=O) groups excluding carboxylic acids is 1. The van der Waals surface area contributed by atoms with Gasteiger partial charge in [-0.25, -0.2) is 4.99 Å². The van der Waals surface area contributed by atoms with Gasteiger partial charge in [0.1, 0.15) is 0 Å². The molecular formula is C18H21NO. The van der Waals surface area contributed by atoms with Crippen LogP contribution in [0, 0.1) is 23.7 Å². The molecule has 4 rings (SSSR count). The summed E-state index contributed by atoms with van der Waals surface area (Å²) in [5, 5.41) is 0. The van der Waals surface area contributed by atoms with Crippen molar-refractivity contribution in [2.75, 3.05) is 0 Å². The van der Waals surface area contributed by atoms with Gasteiger partial charge in [-0.15, -0.1) is 0 Å². The van der Waals surface area contributed by atoms with E-state index >= 15 is 0 Å². The second-order valence-electron chi connectivity index (χ2n) is 6.61. The van der Waals surface area contributed by atoms with E-state index in [0.29, 0.717) is 23.5 Å². The summed E-state index contributed by atoms with van der Waals surface area (Å²) < 4.78 is 0. The molecule has 3 fully saturated rings. The molecule has 0 saturated heterocycles. The summed E-state index contributed by atoms with van der Waals surface area (Å²) in [5.41, 5.74) is 1.84. The second-order valence-corrected chi connectivity index (χ2v) is 6.61. The van der Waals surface area contributed by atoms with Crippen molar-refractivity contribution in [1.29, 1.82) is 0 Å². The Morgan fingerprint density at radius 3 is 2.35 bits per heavy atom. The summed E-state index contributed by atoms with van der Waals surface area (Å²) in [6.07, 6.45) is 7.47. The van der Waals surface area contributed by atoms with Gasteiger partial charge in [-0.3, -0.25) is 4.79 Å². The molecular weight excluding hydrogens is 246 g/mol. The first-order chi connectivity index (χ1) is 9.84. The highest BCUT2D eigenvalue weighted by molar-refractivity contribution is 6.44. The molecule has 0 aliphatic heterocycles. The van der Waals surface area contributed by atoms with Crippen LogP contribution in [0.2, 0.25) is 0 Å². The van der Waals surface area contributed by atoms with Gasteiger partial charge in [0.05, 0.1) is 11.4 Å². The van der Waals surface area contributed by atoms with E-state index < -0.39 is 0 Å². The molecule has 4 unspecified atom stereocenters. The third kappa shape index (κ3) is 1.85. The fourth-order valence-corrected chi connectivity index (χ4v) is 4.83. The number of hydrogen-bond donors (Lipinski definition) is 0. The first kappa shape index (κ1) is 12.3. The van der Waals surface area contributed by atoms with Gasteiger partial charge in [0, 0.05) is 11.8 Å². The predicted molar refractivity (Wildman–Crippen MR) is 80.2 cm³/mol. The van der Waals surface area contributed by atoms with Crippen LogP contribution < -0.4 is 0 Å². The van der Waals surface area contributed by atoms with E-state index in [1.54, 1.807) is 0 Å². The molecule has 3 saturated carbocycles. The summed E-state index contributed by atoms with van der Waals surface area (Å²) in [7, 11) is 0. The molecule has 0 aromatic heterocycles. The largest absolute Gasteiger partial charge is 0.292 e. The fourth-order valence-electron chi connectivity index (χ4n) is 4.83. The number of nitrogens with zero attached hydrogens (tertiary/aromatic N) is 1. The first-order valence-electron chi connectivity index (χ1n) is 8.02. The Labute approximate surface area is 120 Å². The maximum absolute atomic E-state index is 12.8. The number of carbonyl (C=O) groups is 1. The van der Waals surface area contributed by atoms with E-state index in [1.807, 2.05) is 30.3 Å². The van der Waals surface area contributed by atoms with Crippen molar-refractivity contribution in [1.82, 2.24) is 0 Å². The van der Waals surface area contributed by atoms with E-state index in [1.165, 1.54) is 32.1 Å². The molecule has 1 aromatic rings. The lowest BCUT2D eigenvalue weighted by Crippen LogP contribution is -2.33. The summed E-state index contributed by atoms with van der Waals surface area (Å²) in [5.74, 6) is 2.52. The fraction of sp³-hybridized carbons (Fsp3) is 0.556. The summed E-state index contributed by atoms with van der Waals surface area (Å²) >= 11 is 0. The molecule has 104 valence electrons.